The van der Waals surface area contributed by atoms with Crippen molar-refractivity contribution in [3.8, 4) is 0 Å². The van der Waals surface area contributed by atoms with Gasteiger partial charge in [0.25, 0.3) is 0 Å². The van der Waals surface area contributed by atoms with Gasteiger partial charge >= 0.3 is 0 Å². The molecule has 9 heavy (non-hydrogen) atoms. The molecular weight excluding hydrogens is 112 g/mol. The Balaban J connectivity index is 2.41. The fourth-order valence-electron chi connectivity index (χ4n) is 1.22. The molecule has 0 aromatic rings. The first-order chi connectivity index (χ1) is 4.22. The van der Waals surface area contributed by atoms with Crippen molar-refractivity contribution in [1.82, 2.24) is 10.2 Å². The van der Waals surface area contributed by atoms with Crippen molar-refractivity contribution in [3.63, 3.8) is 0 Å². The maximum atomic E-state index is 3.37. The Bertz CT molecular complexity index is 82.9. The molecule has 0 amide bonds. The number of nitrogens with one attached hydrogen (secondary N) is 1. The monoisotopic (exact) mass is 128 g/mol. The normalized spacial score (nSPS) is 39.0. The van der Waals surface area contributed by atoms with Gasteiger partial charge in [0.05, 0.1) is 0 Å². The lowest BCUT2D eigenvalue weighted by molar-refractivity contribution is 0.152. The van der Waals surface area contributed by atoms with E-state index in [9.17, 15) is 0 Å². The molecule has 0 bridgehead atoms. The van der Waals surface area contributed by atoms with E-state index in [2.05, 4.69) is 31.1 Å². The molecule has 0 aromatic heterocycles. The van der Waals surface area contributed by atoms with Crippen molar-refractivity contribution < 1.29 is 0 Å². The van der Waals surface area contributed by atoms with Crippen LogP contribution in [0.3, 0.4) is 0 Å². The van der Waals surface area contributed by atoms with E-state index in [4.69, 9.17) is 0 Å². The number of piperazine rings is 1. The zero-order chi connectivity index (χ0) is 6.85. The van der Waals surface area contributed by atoms with Gasteiger partial charge in [-0.05, 0) is 20.9 Å². The third-order valence-electron chi connectivity index (χ3n) is 2.27. The third kappa shape index (κ3) is 1.43. The number of hydrogen-bond donors (Lipinski definition) is 1. The zero-order valence-corrected chi connectivity index (χ0v) is 6.52. The fraction of sp³-hybridized carbons (Fsp3) is 1.00. The molecule has 0 aromatic carbocycles. The molecule has 0 saturated carbocycles. The van der Waals surface area contributed by atoms with Crippen LogP contribution >= 0.6 is 0 Å². The lowest BCUT2D eigenvalue weighted by Gasteiger charge is -2.36. The molecule has 1 aliphatic rings. The predicted octanol–water partition coefficient (Wildman–Crippen LogP) is 0.298. The Hall–Kier alpha value is -0.0800. The zero-order valence-electron chi connectivity index (χ0n) is 6.52. The molecule has 1 rings (SSSR count). The second-order valence-corrected chi connectivity index (χ2v) is 3.02. The van der Waals surface area contributed by atoms with Crippen molar-refractivity contribution in [1.29, 1.82) is 0 Å². The van der Waals surface area contributed by atoms with E-state index in [1.54, 1.807) is 0 Å². The second-order valence-electron chi connectivity index (χ2n) is 3.02. The van der Waals surface area contributed by atoms with E-state index in [0.717, 1.165) is 13.1 Å². The molecule has 1 fully saturated rings. The Labute approximate surface area is 57.2 Å². The van der Waals surface area contributed by atoms with Crippen LogP contribution in [0, 0.1) is 0 Å². The minimum atomic E-state index is 0.703. The van der Waals surface area contributed by atoms with E-state index in [1.807, 2.05) is 0 Å². The standard InChI is InChI=1S/C7H16N2/c1-6-4-8-5-7(2)9(6)3/h6-8H,4-5H2,1-3H3/t6-,7-/m0/s1. The smallest absolute Gasteiger partial charge is 0.0192 e. The van der Waals surface area contributed by atoms with Crippen molar-refractivity contribution >= 4 is 0 Å². The summed E-state index contributed by atoms with van der Waals surface area (Å²) in [5, 5.41) is 3.37. The molecule has 54 valence electrons. The first kappa shape index (κ1) is 7.03. The second kappa shape index (κ2) is 2.67. The fourth-order valence-corrected chi connectivity index (χ4v) is 1.22. The van der Waals surface area contributed by atoms with E-state index in [1.165, 1.54) is 0 Å². The van der Waals surface area contributed by atoms with E-state index >= 15 is 0 Å². The van der Waals surface area contributed by atoms with Crippen molar-refractivity contribution in [2.24, 2.45) is 0 Å². The van der Waals surface area contributed by atoms with E-state index < -0.39 is 0 Å². The third-order valence-corrected chi connectivity index (χ3v) is 2.27. The van der Waals surface area contributed by atoms with E-state index in [0.29, 0.717) is 12.1 Å². The summed E-state index contributed by atoms with van der Waals surface area (Å²) in [7, 11) is 2.19. The van der Waals surface area contributed by atoms with Crippen LogP contribution < -0.4 is 5.32 Å². The summed E-state index contributed by atoms with van der Waals surface area (Å²) in [4.78, 5) is 2.41. The van der Waals surface area contributed by atoms with Crippen LogP contribution in [0.15, 0.2) is 0 Å². The van der Waals surface area contributed by atoms with Gasteiger partial charge in [0.1, 0.15) is 0 Å². The highest BCUT2D eigenvalue weighted by Gasteiger charge is 2.19. The maximum absolute atomic E-state index is 3.37. The highest BCUT2D eigenvalue weighted by atomic mass is 15.2. The molecule has 0 unspecified atom stereocenters. The molecule has 1 aliphatic heterocycles. The quantitative estimate of drug-likeness (QED) is 0.504. The van der Waals surface area contributed by atoms with Gasteiger partial charge < -0.3 is 5.32 Å². The highest BCUT2D eigenvalue weighted by molar-refractivity contribution is 4.79. The summed E-state index contributed by atoms with van der Waals surface area (Å²) in [6, 6.07) is 1.41. The first-order valence-electron chi connectivity index (χ1n) is 3.64. The molecule has 2 heteroatoms. The van der Waals surface area contributed by atoms with Crippen LogP contribution in [0.2, 0.25) is 0 Å². The Morgan fingerprint density at radius 3 is 2.00 bits per heavy atom. The average Bonchev–Trinajstić information content (AvgIpc) is 1.83. The molecule has 2 nitrogen and oxygen atoms in total. The first-order valence-corrected chi connectivity index (χ1v) is 3.64. The van der Waals surface area contributed by atoms with Crippen LogP contribution in [0.1, 0.15) is 13.8 Å². The summed E-state index contributed by atoms with van der Waals surface area (Å²) in [5.74, 6) is 0. The van der Waals surface area contributed by atoms with Crippen LogP contribution in [-0.4, -0.2) is 37.1 Å². The molecule has 0 spiro atoms. The van der Waals surface area contributed by atoms with Crippen LogP contribution in [0.25, 0.3) is 0 Å². The molecule has 1 heterocycles. The number of likely N-dealkylation sites (N-methyl/N-ethyl adjacent to an activating group) is 1. The largest absolute Gasteiger partial charge is 0.314 e. The van der Waals surface area contributed by atoms with Gasteiger partial charge in [0.2, 0.25) is 0 Å². The number of hydrogen-bond acceptors (Lipinski definition) is 2. The number of rotatable bonds is 0. The Morgan fingerprint density at radius 2 is 1.67 bits per heavy atom. The highest BCUT2D eigenvalue weighted by Crippen LogP contribution is 2.04. The van der Waals surface area contributed by atoms with Crippen LogP contribution in [-0.2, 0) is 0 Å². The summed E-state index contributed by atoms with van der Waals surface area (Å²) >= 11 is 0. The van der Waals surface area contributed by atoms with Crippen molar-refractivity contribution in [2.45, 2.75) is 25.9 Å². The lowest BCUT2D eigenvalue weighted by Crippen LogP contribution is -2.52. The van der Waals surface area contributed by atoms with Crippen LogP contribution in [0.4, 0.5) is 0 Å². The molecule has 0 aliphatic carbocycles. The predicted molar refractivity (Wildman–Crippen MR) is 39.6 cm³/mol. The SMILES string of the molecule is C[C@H]1CNC[C@H](C)N1C. The van der Waals surface area contributed by atoms with Gasteiger partial charge in [-0.3, -0.25) is 4.90 Å². The van der Waals surface area contributed by atoms with E-state index in [-0.39, 0.29) is 0 Å². The Kier molecular flexibility index (Phi) is 2.09. The summed E-state index contributed by atoms with van der Waals surface area (Å²) in [5.41, 5.74) is 0. The van der Waals surface area contributed by atoms with Gasteiger partial charge in [0, 0.05) is 25.2 Å². The molecule has 0 radical (unpaired) electrons. The topological polar surface area (TPSA) is 15.3 Å². The van der Waals surface area contributed by atoms with Gasteiger partial charge in [-0.15, -0.1) is 0 Å². The van der Waals surface area contributed by atoms with Crippen molar-refractivity contribution in [3.05, 3.63) is 0 Å². The van der Waals surface area contributed by atoms with Crippen LogP contribution in [0.5, 0.6) is 0 Å². The van der Waals surface area contributed by atoms with Gasteiger partial charge in [-0.2, -0.15) is 0 Å². The van der Waals surface area contributed by atoms with Gasteiger partial charge in [-0.1, -0.05) is 0 Å². The minimum absolute atomic E-state index is 0.703. The summed E-state index contributed by atoms with van der Waals surface area (Å²) in [6.07, 6.45) is 0. The summed E-state index contributed by atoms with van der Waals surface area (Å²) in [6.45, 7) is 6.78. The minimum Gasteiger partial charge on any atom is -0.314 e. The van der Waals surface area contributed by atoms with Crippen molar-refractivity contribution in [2.75, 3.05) is 20.1 Å². The maximum Gasteiger partial charge on any atom is 0.0192 e. The lowest BCUT2D eigenvalue weighted by atomic mass is 10.1. The van der Waals surface area contributed by atoms with Gasteiger partial charge in [0.15, 0.2) is 0 Å². The average molecular weight is 128 g/mol. The summed E-state index contributed by atoms with van der Waals surface area (Å²) < 4.78 is 0. The molecular formula is C7H16N2. The molecule has 1 saturated heterocycles. The van der Waals surface area contributed by atoms with Gasteiger partial charge in [-0.25, -0.2) is 0 Å². The molecule has 2 atom stereocenters. The number of nitrogens with zero attached hydrogens (tertiary/aromatic N) is 1. The Morgan fingerprint density at radius 1 is 1.22 bits per heavy atom. The molecule has 1 N–H and O–H groups in total.